The highest BCUT2D eigenvalue weighted by atomic mass is 35.5. The van der Waals surface area contributed by atoms with Crippen LogP contribution in [0.1, 0.15) is 15.9 Å². The van der Waals surface area contributed by atoms with Crippen LogP contribution in [0.15, 0.2) is 46.8 Å². The first-order chi connectivity index (χ1) is 14.6. The van der Waals surface area contributed by atoms with E-state index in [1.54, 1.807) is 43.3 Å². The van der Waals surface area contributed by atoms with E-state index in [0.717, 1.165) is 21.4 Å². The van der Waals surface area contributed by atoms with Crippen LogP contribution in [0.5, 0.6) is 0 Å². The van der Waals surface area contributed by atoms with Gasteiger partial charge in [-0.25, -0.2) is 8.42 Å². The molecule has 0 aliphatic rings. The van der Waals surface area contributed by atoms with Gasteiger partial charge in [-0.05, 0) is 48.2 Å². The van der Waals surface area contributed by atoms with E-state index in [2.05, 4.69) is 9.71 Å². The number of nitrogens with one attached hydrogen (secondary N) is 2. The fraction of sp³-hybridized carbons (Fsp3) is 0.143. The summed E-state index contributed by atoms with van der Waals surface area (Å²) in [6, 6.07) is 10.2. The second-order valence-electron chi connectivity index (χ2n) is 7.22. The highest BCUT2D eigenvalue weighted by Gasteiger charge is 2.26. The van der Waals surface area contributed by atoms with E-state index in [9.17, 15) is 18.0 Å². The number of halogens is 1. The summed E-state index contributed by atoms with van der Waals surface area (Å²) in [5.74, 6) is -1.42. The standard InChI is InChI=1S/C21H18ClN3O4S2/c1-11-13-9-12(22)7-8-17(13)30-21(11)31(28,29)24-16-6-4-5-15-18(16)14(10-23-15)19(26)20(27)25(2)3/h4-10,23-24H,1-3H3. The first kappa shape index (κ1) is 21.4. The fourth-order valence-electron chi connectivity index (χ4n) is 3.39. The lowest BCUT2D eigenvalue weighted by molar-refractivity contribution is -0.124. The number of anilines is 1. The van der Waals surface area contributed by atoms with Crippen molar-refractivity contribution >= 4 is 71.3 Å². The number of thiophene rings is 1. The van der Waals surface area contributed by atoms with Crippen molar-refractivity contribution in [2.75, 3.05) is 18.8 Å². The van der Waals surface area contributed by atoms with Gasteiger partial charge in [0.15, 0.2) is 0 Å². The quantitative estimate of drug-likeness (QED) is 0.329. The van der Waals surface area contributed by atoms with Crippen molar-refractivity contribution in [3.05, 3.63) is 58.7 Å². The van der Waals surface area contributed by atoms with Crippen molar-refractivity contribution in [2.45, 2.75) is 11.1 Å². The predicted molar refractivity (Wildman–Crippen MR) is 124 cm³/mol. The lowest BCUT2D eigenvalue weighted by Gasteiger charge is -2.11. The van der Waals surface area contributed by atoms with E-state index in [1.807, 2.05) is 0 Å². The molecule has 0 radical (unpaired) electrons. The summed E-state index contributed by atoms with van der Waals surface area (Å²) in [5, 5.41) is 1.63. The molecular formula is C21H18ClN3O4S2. The van der Waals surface area contributed by atoms with Crippen LogP contribution < -0.4 is 4.72 Å². The lowest BCUT2D eigenvalue weighted by atomic mass is 10.1. The third-order valence-corrected chi connectivity index (χ3v) is 8.39. The maximum atomic E-state index is 13.3. The normalized spacial score (nSPS) is 11.7. The minimum Gasteiger partial charge on any atom is -0.360 e. The highest BCUT2D eigenvalue weighted by molar-refractivity contribution is 7.95. The van der Waals surface area contributed by atoms with Crippen molar-refractivity contribution in [1.82, 2.24) is 9.88 Å². The number of carbonyl (C=O) groups is 2. The van der Waals surface area contributed by atoms with Gasteiger partial charge in [-0.3, -0.25) is 14.3 Å². The zero-order valence-corrected chi connectivity index (χ0v) is 19.2. The van der Waals surface area contributed by atoms with Gasteiger partial charge in [-0.1, -0.05) is 17.7 Å². The number of fused-ring (bicyclic) bond motifs is 2. The number of carbonyl (C=O) groups excluding carboxylic acids is 2. The zero-order valence-electron chi connectivity index (χ0n) is 16.8. The highest BCUT2D eigenvalue weighted by Crippen LogP contribution is 2.37. The van der Waals surface area contributed by atoms with Gasteiger partial charge in [0.2, 0.25) is 0 Å². The molecule has 0 fully saturated rings. The second kappa shape index (κ2) is 7.67. The zero-order chi connectivity index (χ0) is 22.5. The van der Waals surface area contributed by atoms with Crippen molar-refractivity contribution in [3.63, 3.8) is 0 Å². The van der Waals surface area contributed by atoms with E-state index >= 15 is 0 Å². The van der Waals surface area contributed by atoms with Crippen molar-refractivity contribution in [1.29, 1.82) is 0 Å². The Kier molecular flexibility index (Phi) is 5.28. The number of rotatable bonds is 5. The van der Waals surface area contributed by atoms with Crippen LogP contribution in [0.3, 0.4) is 0 Å². The number of nitrogens with zero attached hydrogens (tertiary/aromatic N) is 1. The Morgan fingerprint density at radius 2 is 1.90 bits per heavy atom. The van der Waals surface area contributed by atoms with E-state index in [-0.39, 0.29) is 15.5 Å². The summed E-state index contributed by atoms with van der Waals surface area (Å²) in [4.78, 5) is 29.0. The number of aromatic amines is 1. The number of H-pyrrole nitrogens is 1. The average Bonchev–Trinajstić information content (AvgIpc) is 3.29. The number of likely N-dealkylation sites (N-methyl/N-ethyl adjacent to an activating group) is 1. The fourth-order valence-corrected chi connectivity index (χ4v) is 6.38. The molecule has 10 heteroatoms. The number of benzene rings is 2. The summed E-state index contributed by atoms with van der Waals surface area (Å²) in [5.41, 5.74) is 1.45. The van der Waals surface area contributed by atoms with Crippen LogP contribution in [0, 0.1) is 6.92 Å². The van der Waals surface area contributed by atoms with Crippen LogP contribution in [0.4, 0.5) is 5.69 Å². The molecule has 2 heterocycles. The molecule has 0 aliphatic heterocycles. The number of Topliss-reactive ketones (excluding diaryl/α,β-unsaturated/α-hetero) is 1. The molecule has 2 N–H and O–H groups in total. The molecule has 4 aromatic rings. The number of ketones is 1. The molecule has 0 bridgehead atoms. The number of aryl methyl sites for hydroxylation is 1. The molecule has 2 aromatic carbocycles. The van der Waals surface area contributed by atoms with Gasteiger partial charge in [0, 0.05) is 40.9 Å². The van der Waals surface area contributed by atoms with E-state index in [0.29, 0.717) is 21.5 Å². The van der Waals surface area contributed by atoms with Gasteiger partial charge >= 0.3 is 0 Å². The number of sulfonamides is 1. The molecule has 4 rings (SSSR count). The van der Waals surface area contributed by atoms with Crippen molar-refractivity contribution in [2.24, 2.45) is 0 Å². The van der Waals surface area contributed by atoms with Gasteiger partial charge in [0.1, 0.15) is 4.21 Å². The Morgan fingerprint density at radius 1 is 1.16 bits per heavy atom. The summed E-state index contributed by atoms with van der Waals surface area (Å²) in [6.45, 7) is 1.73. The number of hydrogen-bond acceptors (Lipinski definition) is 5. The number of aromatic nitrogens is 1. The van der Waals surface area contributed by atoms with Gasteiger partial charge in [-0.2, -0.15) is 0 Å². The van der Waals surface area contributed by atoms with Gasteiger partial charge in [0.05, 0.1) is 11.3 Å². The lowest BCUT2D eigenvalue weighted by Crippen LogP contribution is -2.29. The third kappa shape index (κ3) is 3.69. The molecule has 0 aliphatic carbocycles. The van der Waals surface area contributed by atoms with Crippen LogP contribution in [0.25, 0.3) is 21.0 Å². The van der Waals surface area contributed by atoms with E-state index in [1.165, 1.54) is 25.2 Å². The SMILES string of the molecule is Cc1c(S(=O)(=O)Nc2cccc3[nH]cc(C(=O)C(=O)N(C)C)c23)sc2ccc(Cl)cc12. The molecule has 31 heavy (non-hydrogen) atoms. The summed E-state index contributed by atoms with van der Waals surface area (Å²) in [6.07, 6.45) is 1.42. The minimum absolute atomic E-state index is 0.104. The van der Waals surface area contributed by atoms with Crippen LogP contribution in [0.2, 0.25) is 5.02 Å². The predicted octanol–water partition coefficient (Wildman–Crippen LogP) is 4.42. The maximum absolute atomic E-state index is 13.3. The number of amides is 1. The molecule has 0 spiro atoms. The molecule has 0 saturated carbocycles. The van der Waals surface area contributed by atoms with Gasteiger partial charge in [-0.15, -0.1) is 11.3 Å². The largest absolute Gasteiger partial charge is 0.360 e. The first-order valence-electron chi connectivity index (χ1n) is 9.17. The molecule has 7 nitrogen and oxygen atoms in total. The van der Waals surface area contributed by atoms with Crippen molar-refractivity contribution < 1.29 is 18.0 Å². The van der Waals surface area contributed by atoms with Crippen LogP contribution >= 0.6 is 22.9 Å². The number of hydrogen-bond donors (Lipinski definition) is 2. The van der Waals surface area contributed by atoms with Crippen LogP contribution in [-0.2, 0) is 14.8 Å². The maximum Gasteiger partial charge on any atom is 0.294 e. The molecule has 0 atom stereocenters. The Morgan fingerprint density at radius 3 is 2.61 bits per heavy atom. The van der Waals surface area contributed by atoms with Crippen molar-refractivity contribution in [3.8, 4) is 0 Å². The average molecular weight is 476 g/mol. The Hall–Kier alpha value is -2.88. The van der Waals surface area contributed by atoms with Crippen LogP contribution in [-0.4, -0.2) is 44.1 Å². The minimum atomic E-state index is -3.96. The van der Waals surface area contributed by atoms with E-state index in [4.69, 9.17) is 11.6 Å². The molecule has 2 aromatic heterocycles. The van der Waals surface area contributed by atoms with E-state index < -0.39 is 21.7 Å². The topological polar surface area (TPSA) is 99.3 Å². The molecule has 0 unspecified atom stereocenters. The molecular weight excluding hydrogens is 458 g/mol. The Balaban J connectivity index is 1.82. The smallest absolute Gasteiger partial charge is 0.294 e. The Labute approximate surface area is 187 Å². The Bertz CT molecular complexity index is 1470. The van der Waals surface area contributed by atoms with Gasteiger partial charge in [0.25, 0.3) is 21.7 Å². The van der Waals surface area contributed by atoms with Gasteiger partial charge < -0.3 is 9.88 Å². The summed E-state index contributed by atoms with van der Waals surface area (Å²) in [7, 11) is -1.000. The summed E-state index contributed by atoms with van der Waals surface area (Å²) < 4.78 is 30.1. The monoisotopic (exact) mass is 475 g/mol. The first-order valence-corrected chi connectivity index (χ1v) is 11.9. The molecule has 0 saturated heterocycles. The molecule has 1 amide bonds. The summed E-state index contributed by atoms with van der Waals surface area (Å²) >= 11 is 7.21. The third-order valence-electron chi connectivity index (χ3n) is 4.89. The molecule has 160 valence electrons. The second-order valence-corrected chi connectivity index (χ2v) is 10.6.